The molecule has 1 heterocycles. The zero-order valence-corrected chi connectivity index (χ0v) is 15.7. The number of alkyl halides is 3. The van der Waals surface area contributed by atoms with Gasteiger partial charge in [0, 0.05) is 25.0 Å². The van der Waals surface area contributed by atoms with Crippen molar-refractivity contribution in [3.8, 4) is 0 Å². The Labute approximate surface area is 158 Å². The highest BCUT2D eigenvalue weighted by molar-refractivity contribution is 7.07. The van der Waals surface area contributed by atoms with E-state index < -0.39 is 23.2 Å². The predicted octanol–water partition coefficient (Wildman–Crippen LogP) is 3.04. The molecule has 1 aromatic heterocycles. The Morgan fingerprint density at radius 2 is 2.00 bits per heavy atom. The molecule has 148 valence electrons. The van der Waals surface area contributed by atoms with Crippen molar-refractivity contribution in [3.05, 3.63) is 15.9 Å². The zero-order chi connectivity index (χ0) is 19.4. The molecule has 0 aromatic carbocycles. The Morgan fingerprint density at radius 3 is 2.59 bits per heavy atom. The van der Waals surface area contributed by atoms with Gasteiger partial charge in [0.05, 0.1) is 6.61 Å². The molecule has 0 radical (unpaired) electrons. The first kappa shape index (κ1) is 18.9. The number of hydrogen-bond acceptors (Lipinski definition) is 4. The number of Topliss-reactive ketones (excluding diaryl/α,β-unsaturated/α-hetero) is 1. The third kappa shape index (κ3) is 3.08. The highest BCUT2D eigenvalue weighted by Gasteiger charge is 2.60. The standard InChI is InChI=1S/C18H21F3N2O3S/c1-26-3-2-23-13(18(19,20)21)9-27-16(23)22-15(25)17-7-10-4-11(8-17)6-12(5-10)14(17)24/h9-12H,2-8H2,1H3. The molecule has 4 bridgehead atoms. The van der Waals surface area contributed by atoms with E-state index in [9.17, 15) is 22.8 Å². The van der Waals surface area contributed by atoms with Crippen molar-refractivity contribution in [3.63, 3.8) is 0 Å². The number of methoxy groups -OCH3 is 1. The molecule has 2 atom stereocenters. The minimum Gasteiger partial charge on any atom is -0.383 e. The second kappa shape index (κ2) is 6.55. The van der Waals surface area contributed by atoms with Crippen molar-refractivity contribution in [1.29, 1.82) is 0 Å². The fraction of sp³-hybridized carbons (Fsp3) is 0.722. The number of ketones is 1. The topological polar surface area (TPSA) is 60.7 Å². The molecule has 4 aliphatic carbocycles. The van der Waals surface area contributed by atoms with Crippen LogP contribution in [0.4, 0.5) is 13.2 Å². The number of aromatic nitrogens is 1. The van der Waals surface area contributed by atoms with E-state index in [-0.39, 0.29) is 29.7 Å². The van der Waals surface area contributed by atoms with E-state index in [0.29, 0.717) is 24.7 Å². The maximum atomic E-state index is 13.3. The van der Waals surface area contributed by atoms with Crippen molar-refractivity contribution in [2.24, 2.45) is 28.2 Å². The van der Waals surface area contributed by atoms with Crippen LogP contribution in [-0.4, -0.2) is 30.0 Å². The summed E-state index contributed by atoms with van der Waals surface area (Å²) in [5, 5.41) is 0.962. The van der Waals surface area contributed by atoms with Crippen LogP contribution in [0.5, 0.6) is 0 Å². The maximum Gasteiger partial charge on any atom is 0.432 e. The van der Waals surface area contributed by atoms with Crippen LogP contribution >= 0.6 is 11.3 Å². The van der Waals surface area contributed by atoms with Crippen LogP contribution in [0.15, 0.2) is 10.4 Å². The molecule has 4 aliphatic rings. The molecule has 0 N–H and O–H groups in total. The molecule has 4 saturated carbocycles. The predicted molar refractivity (Wildman–Crippen MR) is 90.8 cm³/mol. The molecule has 5 nitrogen and oxygen atoms in total. The Balaban J connectivity index is 1.72. The highest BCUT2D eigenvalue weighted by atomic mass is 32.1. The SMILES string of the molecule is COCCn1c(C(F)(F)F)csc1=NC(=O)C12CC3CC(CC(C3)C1=O)C2. The molecular formula is C18H21F3N2O3S. The smallest absolute Gasteiger partial charge is 0.383 e. The number of thiazole rings is 1. The lowest BCUT2D eigenvalue weighted by atomic mass is 9.48. The van der Waals surface area contributed by atoms with E-state index in [1.807, 2.05) is 0 Å². The Hall–Kier alpha value is -1.48. The quantitative estimate of drug-likeness (QED) is 0.728. The molecule has 0 aliphatic heterocycles. The lowest BCUT2D eigenvalue weighted by Gasteiger charge is -2.53. The van der Waals surface area contributed by atoms with Crippen molar-refractivity contribution in [1.82, 2.24) is 4.57 Å². The van der Waals surface area contributed by atoms with Crippen molar-refractivity contribution in [2.45, 2.75) is 44.8 Å². The summed E-state index contributed by atoms with van der Waals surface area (Å²) in [5.41, 5.74) is -1.97. The van der Waals surface area contributed by atoms with Crippen molar-refractivity contribution >= 4 is 23.0 Å². The number of carbonyl (C=O) groups is 2. The van der Waals surface area contributed by atoms with Gasteiger partial charge in [-0.1, -0.05) is 0 Å². The molecule has 1 amide bonds. The monoisotopic (exact) mass is 402 g/mol. The van der Waals surface area contributed by atoms with Gasteiger partial charge < -0.3 is 9.30 Å². The van der Waals surface area contributed by atoms with Crippen molar-refractivity contribution < 1.29 is 27.5 Å². The first-order valence-electron chi connectivity index (χ1n) is 9.12. The van der Waals surface area contributed by atoms with E-state index in [1.54, 1.807) is 0 Å². The lowest BCUT2D eigenvalue weighted by molar-refractivity contribution is -0.161. The Morgan fingerprint density at radius 1 is 1.33 bits per heavy atom. The summed E-state index contributed by atoms with van der Waals surface area (Å²) >= 11 is 0.776. The molecular weight excluding hydrogens is 381 g/mol. The molecule has 4 fully saturated rings. The molecule has 9 heteroatoms. The summed E-state index contributed by atoms with van der Waals surface area (Å²) in [5.74, 6) is 0.0287. The third-order valence-corrected chi connectivity index (χ3v) is 7.10. The van der Waals surface area contributed by atoms with E-state index >= 15 is 0 Å². The highest BCUT2D eigenvalue weighted by Crippen LogP contribution is 2.58. The molecule has 2 unspecified atom stereocenters. The number of nitrogens with zero attached hydrogens (tertiary/aromatic N) is 2. The van der Waals surface area contributed by atoms with Crippen LogP contribution in [0.3, 0.4) is 0 Å². The second-order valence-corrected chi connectivity index (χ2v) is 8.79. The first-order valence-corrected chi connectivity index (χ1v) is 10.0. The van der Waals surface area contributed by atoms with Crippen LogP contribution in [0, 0.1) is 23.2 Å². The number of rotatable bonds is 4. The van der Waals surface area contributed by atoms with Crippen LogP contribution in [0.1, 0.15) is 37.8 Å². The van der Waals surface area contributed by atoms with Gasteiger partial charge in [-0.2, -0.15) is 18.2 Å². The van der Waals surface area contributed by atoms with Gasteiger partial charge in [-0.15, -0.1) is 11.3 Å². The van der Waals surface area contributed by atoms with E-state index in [2.05, 4.69) is 4.99 Å². The fourth-order valence-corrected chi connectivity index (χ4v) is 6.22. The number of carbonyl (C=O) groups excluding carboxylic acids is 2. The second-order valence-electron chi connectivity index (χ2n) is 7.95. The van der Waals surface area contributed by atoms with Gasteiger partial charge >= 0.3 is 6.18 Å². The molecule has 1 aromatic rings. The third-order valence-electron chi connectivity index (χ3n) is 6.23. The Bertz CT molecular complexity index is 828. The van der Waals surface area contributed by atoms with E-state index in [4.69, 9.17) is 4.74 Å². The summed E-state index contributed by atoms with van der Waals surface area (Å²) < 4.78 is 45.7. The molecule has 0 spiro atoms. The summed E-state index contributed by atoms with van der Waals surface area (Å²) in [6.45, 7) is 0.00721. The van der Waals surface area contributed by atoms with Crippen LogP contribution in [0.25, 0.3) is 0 Å². The van der Waals surface area contributed by atoms with Gasteiger partial charge in [0.15, 0.2) is 10.6 Å². The normalized spacial score (nSPS) is 33.1. The molecule has 5 rings (SSSR count). The number of ether oxygens (including phenoxy) is 1. The van der Waals surface area contributed by atoms with Gasteiger partial charge in [-0.25, -0.2) is 0 Å². The van der Waals surface area contributed by atoms with Crippen LogP contribution in [-0.2, 0) is 27.0 Å². The number of hydrogen-bond donors (Lipinski definition) is 0. The summed E-state index contributed by atoms with van der Waals surface area (Å²) in [6.07, 6.45) is -0.820. The van der Waals surface area contributed by atoms with Gasteiger partial charge in [0.1, 0.15) is 11.1 Å². The van der Waals surface area contributed by atoms with E-state index in [1.165, 1.54) is 7.11 Å². The summed E-state index contributed by atoms with van der Waals surface area (Å²) in [4.78, 5) is 30.0. The minimum absolute atomic E-state index is 0.0204. The van der Waals surface area contributed by atoms with E-state index in [0.717, 1.165) is 40.5 Å². The molecule has 27 heavy (non-hydrogen) atoms. The Kier molecular flexibility index (Phi) is 4.57. The van der Waals surface area contributed by atoms with Crippen LogP contribution < -0.4 is 4.80 Å². The zero-order valence-electron chi connectivity index (χ0n) is 14.9. The number of amides is 1. The number of halogens is 3. The largest absolute Gasteiger partial charge is 0.432 e. The van der Waals surface area contributed by atoms with Gasteiger partial charge in [-0.3, -0.25) is 9.59 Å². The average Bonchev–Trinajstić information content (AvgIpc) is 2.99. The first-order chi connectivity index (χ1) is 12.7. The average molecular weight is 402 g/mol. The molecule has 0 saturated heterocycles. The summed E-state index contributed by atoms with van der Waals surface area (Å²) in [6, 6.07) is 0. The van der Waals surface area contributed by atoms with Crippen LogP contribution in [0.2, 0.25) is 0 Å². The minimum atomic E-state index is -4.54. The maximum absolute atomic E-state index is 13.3. The van der Waals surface area contributed by atoms with Gasteiger partial charge in [0.2, 0.25) is 0 Å². The van der Waals surface area contributed by atoms with Gasteiger partial charge in [0.25, 0.3) is 5.91 Å². The lowest BCUT2D eigenvalue weighted by Crippen LogP contribution is -2.56. The fourth-order valence-electron chi connectivity index (χ4n) is 5.29. The van der Waals surface area contributed by atoms with Crippen molar-refractivity contribution in [2.75, 3.05) is 13.7 Å². The van der Waals surface area contributed by atoms with Gasteiger partial charge in [-0.05, 0) is 43.9 Å². The summed E-state index contributed by atoms with van der Waals surface area (Å²) in [7, 11) is 1.40.